The third-order valence-corrected chi connectivity index (χ3v) is 2.83. The van der Waals surface area contributed by atoms with E-state index in [-0.39, 0.29) is 17.3 Å². The number of hydrogen-bond acceptors (Lipinski definition) is 6. The van der Waals surface area contributed by atoms with Gasteiger partial charge in [-0.1, -0.05) is 0 Å². The van der Waals surface area contributed by atoms with Crippen molar-refractivity contribution in [1.29, 1.82) is 0 Å². The van der Waals surface area contributed by atoms with Gasteiger partial charge in [0, 0.05) is 11.6 Å². The van der Waals surface area contributed by atoms with Crippen LogP contribution in [0.1, 0.15) is 26.7 Å². The van der Waals surface area contributed by atoms with Crippen LogP contribution in [-0.2, 0) is 4.74 Å². The third-order valence-electron chi connectivity index (χ3n) is 2.83. The maximum absolute atomic E-state index is 12.3. The molecule has 0 fully saturated rings. The van der Waals surface area contributed by atoms with Gasteiger partial charge in [-0.2, -0.15) is 0 Å². The summed E-state index contributed by atoms with van der Waals surface area (Å²) < 4.78 is 19.9. The lowest BCUT2D eigenvalue weighted by molar-refractivity contribution is 0.0563. The van der Waals surface area contributed by atoms with E-state index in [0.29, 0.717) is 17.1 Å². The van der Waals surface area contributed by atoms with Gasteiger partial charge < -0.3 is 18.6 Å². The first-order valence-corrected chi connectivity index (χ1v) is 6.05. The molecule has 1 aromatic carbocycles. The van der Waals surface area contributed by atoms with Gasteiger partial charge in [0.15, 0.2) is 5.76 Å². The highest BCUT2D eigenvalue weighted by Gasteiger charge is 2.18. The molecule has 21 heavy (non-hydrogen) atoms. The molecule has 6 nitrogen and oxygen atoms in total. The Hall–Kier alpha value is -2.76. The second kappa shape index (κ2) is 6.13. The molecule has 0 aliphatic rings. The monoisotopic (exact) mass is 290 g/mol. The van der Waals surface area contributed by atoms with Gasteiger partial charge in [-0.15, -0.1) is 0 Å². The van der Waals surface area contributed by atoms with Crippen molar-refractivity contribution >= 4 is 11.8 Å². The van der Waals surface area contributed by atoms with E-state index in [2.05, 4.69) is 4.74 Å². The quantitative estimate of drug-likeness (QED) is 0.621. The van der Waals surface area contributed by atoms with Crippen LogP contribution in [0.15, 0.2) is 34.7 Å². The smallest absolute Gasteiger partial charge is 0.373 e. The Bertz CT molecular complexity index is 648. The summed E-state index contributed by atoms with van der Waals surface area (Å²) in [7, 11) is 4.22. The van der Waals surface area contributed by atoms with E-state index in [1.165, 1.54) is 33.5 Å². The summed E-state index contributed by atoms with van der Waals surface area (Å²) in [5, 5.41) is 0. The Kier molecular flexibility index (Phi) is 4.27. The van der Waals surface area contributed by atoms with Crippen LogP contribution in [0.2, 0.25) is 0 Å². The lowest BCUT2D eigenvalue weighted by Crippen LogP contribution is -2.02. The fourth-order valence-corrected chi connectivity index (χ4v) is 1.75. The van der Waals surface area contributed by atoms with E-state index in [9.17, 15) is 9.59 Å². The Morgan fingerprint density at radius 2 is 1.48 bits per heavy atom. The molecule has 2 aromatic rings. The number of esters is 1. The molecule has 0 aliphatic heterocycles. The molecular formula is C15H14O6. The Labute approximate surface area is 121 Å². The molecule has 0 saturated heterocycles. The number of carbonyl (C=O) groups is 2. The number of benzene rings is 1. The minimum absolute atomic E-state index is 0.0317. The number of hydrogen-bond donors (Lipinski definition) is 0. The molecule has 6 heteroatoms. The standard InChI is InChI=1S/C15H14O6/c1-18-10-6-9(7-11(8-10)19-2)14(16)12-4-5-13(21-12)15(17)20-3/h4-8H,1-3H3. The number of ketones is 1. The number of ether oxygens (including phenoxy) is 3. The molecule has 1 aromatic heterocycles. The van der Waals surface area contributed by atoms with Crippen LogP contribution >= 0.6 is 0 Å². The van der Waals surface area contributed by atoms with Crippen LogP contribution in [0.4, 0.5) is 0 Å². The zero-order valence-corrected chi connectivity index (χ0v) is 11.8. The van der Waals surface area contributed by atoms with Crippen molar-refractivity contribution < 1.29 is 28.2 Å². The van der Waals surface area contributed by atoms with Crippen molar-refractivity contribution in [2.75, 3.05) is 21.3 Å². The maximum atomic E-state index is 12.3. The molecule has 0 atom stereocenters. The molecule has 0 N–H and O–H groups in total. The normalized spacial score (nSPS) is 10.0. The second-order valence-corrected chi connectivity index (χ2v) is 4.09. The summed E-state index contributed by atoms with van der Waals surface area (Å²) in [6.07, 6.45) is 0. The molecule has 1 heterocycles. The molecule has 0 amide bonds. The first-order chi connectivity index (χ1) is 10.1. The fourth-order valence-electron chi connectivity index (χ4n) is 1.75. The van der Waals surface area contributed by atoms with Gasteiger partial charge in [-0.05, 0) is 24.3 Å². The molecule has 0 bridgehead atoms. The summed E-state index contributed by atoms with van der Waals surface area (Å²) in [5.41, 5.74) is 0.331. The Balaban J connectivity index is 2.35. The maximum Gasteiger partial charge on any atom is 0.373 e. The van der Waals surface area contributed by atoms with E-state index < -0.39 is 5.97 Å². The van der Waals surface area contributed by atoms with Crippen LogP contribution in [0, 0.1) is 0 Å². The van der Waals surface area contributed by atoms with E-state index in [1.54, 1.807) is 18.2 Å². The summed E-state index contributed by atoms with van der Waals surface area (Å²) in [5.74, 6) is -0.0593. The zero-order valence-electron chi connectivity index (χ0n) is 11.8. The number of furan rings is 1. The molecule has 0 unspecified atom stereocenters. The van der Waals surface area contributed by atoms with Crippen LogP contribution in [0.5, 0.6) is 11.5 Å². The highest BCUT2D eigenvalue weighted by molar-refractivity contribution is 6.08. The minimum Gasteiger partial charge on any atom is -0.497 e. The molecule has 0 spiro atoms. The van der Waals surface area contributed by atoms with Gasteiger partial charge in [0.2, 0.25) is 11.5 Å². The van der Waals surface area contributed by atoms with E-state index in [4.69, 9.17) is 13.9 Å². The van der Waals surface area contributed by atoms with Gasteiger partial charge in [-0.3, -0.25) is 4.79 Å². The lowest BCUT2D eigenvalue weighted by atomic mass is 10.1. The zero-order chi connectivity index (χ0) is 15.4. The van der Waals surface area contributed by atoms with E-state index in [0.717, 1.165) is 0 Å². The molecule has 0 saturated carbocycles. The van der Waals surface area contributed by atoms with Gasteiger partial charge in [0.25, 0.3) is 0 Å². The first-order valence-electron chi connectivity index (χ1n) is 6.05. The third kappa shape index (κ3) is 3.05. The van der Waals surface area contributed by atoms with Crippen molar-refractivity contribution in [3.63, 3.8) is 0 Å². The molecule has 0 radical (unpaired) electrons. The molecular weight excluding hydrogens is 276 g/mol. The number of methoxy groups -OCH3 is 3. The first kappa shape index (κ1) is 14.6. The Morgan fingerprint density at radius 1 is 0.905 bits per heavy atom. The topological polar surface area (TPSA) is 75.0 Å². The average Bonchev–Trinajstić information content (AvgIpc) is 3.02. The highest BCUT2D eigenvalue weighted by Crippen LogP contribution is 2.24. The van der Waals surface area contributed by atoms with Crippen molar-refractivity contribution in [3.8, 4) is 11.5 Å². The second-order valence-electron chi connectivity index (χ2n) is 4.09. The van der Waals surface area contributed by atoms with Crippen molar-refractivity contribution in [3.05, 3.63) is 47.4 Å². The predicted octanol–water partition coefficient (Wildman–Crippen LogP) is 2.31. The van der Waals surface area contributed by atoms with Crippen LogP contribution in [0.3, 0.4) is 0 Å². The predicted molar refractivity (Wildman–Crippen MR) is 73.0 cm³/mol. The van der Waals surface area contributed by atoms with E-state index in [1.807, 2.05) is 0 Å². The van der Waals surface area contributed by atoms with Gasteiger partial charge in [0.1, 0.15) is 11.5 Å². The number of carbonyl (C=O) groups excluding carboxylic acids is 2. The Morgan fingerprint density at radius 3 is 2.00 bits per heavy atom. The van der Waals surface area contributed by atoms with Crippen LogP contribution in [0.25, 0.3) is 0 Å². The minimum atomic E-state index is -0.641. The summed E-state index contributed by atoms with van der Waals surface area (Å²) in [6, 6.07) is 7.58. The van der Waals surface area contributed by atoms with Crippen molar-refractivity contribution in [2.24, 2.45) is 0 Å². The van der Waals surface area contributed by atoms with Crippen LogP contribution < -0.4 is 9.47 Å². The lowest BCUT2D eigenvalue weighted by Gasteiger charge is -2.06. The fraction of sp³-hybridized carbons (Fsp3) is 0.200. The molecule has 0 aliphatic carbocycles. The largest absolute Gasteiger partial charge is 0.497 e. The average molecular weight is 290 g/mol. The summed E-state index contributed by atoms with van der Waals surface area (Å²) in [4.78, 5) is 23.7. The number of rotatable bonds is 5. The van der Waals surface area contributed by atoms with Gasteiger partial charge in [0.05, 0.1) is 21.3 Å². The van der Waals surface area contributed by atoms with Gasteiger partial charge in [-0.25, -0.2) is 4.79 Å². The van der Waals surface area contributed by atoms with Crippen molar-refractivity contribution in [1.82, 2.24) is 0 Å². The SMILES string of the molecule is COC(=O)c1ccc(C(=O)c2cc(OC)cc(OC)c2)o1. The van der Waals surface area contributed by atoms with Crippen molar-refractivity contribution in [2.45, 2.75) is 0 Å². The molecule has 110 valence electrons. The van der Waals surface area contributed by atoms with Gasteiger partial charge >= 0.3 is 5.97 Å². The van der Waals surface area contributed by atoms with E-state index >= 15 is 0 Å². The summed E-state index contributed by atoms with van der Waals surface area (Å²) in [6.45, 7) is 0. The summed E-state index contributed by atoms with van der Waals surface area (Å²) >= 11 is 0. The highest BCUT2D eigenvalue weighted by atomic mass is 16.5. The molecule has 2 rings (SSSR count). The van der Waals surface area contributed by atoms with Crippen LogP contribution in [-0.4, -0.2) is 33.1 Å².